The first-order valence-electron chi connectivity index (χ1n) is 7.71. The lowest BCUT2D eigenvalue weighted by molar-refractivity contribution is 0.965. The zero-order valence-electron chi connectivity index (χ0n) is 13.8. The second-order valence-corrected chi connectivity index (χ2v) is 6.70. The van der Waals surface area contributed by atoms with Gasteiger partial charge in [-0.15, -0.1) is 0 Å². The Bertz CT molecular complexity index is 906. The van der Waals surface area contributed by atoms with Crippen LogP contribution in [0.5, 0.6) is 0 Å². The number of aromatic nitrogens is 1. The zero-order chi connectivity index (χ0) is 17.3. The maximum absolute atomic E-state index is 6.06. The lowest BCUT2D eigenvalue weighted by atomic mass is 10.2. The maximum Gasteiger partial charge on any atom is 0.0673 e. The van der Waals surface area contributed by atoms with Gasteiger partial charge in [0.15, 0.2) is 0 Å². The number of halogens is 2. The van der Waals surface area contributed by atoms with Crippen LogP contribution in [-0.2, 0) is 0 Å². The number of hydrogen-bond acceptors (Lipinski definition) is 1. The van der Waals surface area contributed by atoms with Gasteiger partial charge >= 0.3 is 0 Å². The van der Waals surface area contributed by atoms with E-state index in [0.29, 0.717) is 5.02 Å². The van der Waals surface area contributed by atoms with Crippen LogP contribution in [0.15, 0.2) is 53.5 Å². The quantitative estimate of drug-likeness (QED) is 0.479. The molecule has 1 aromatic heterocycles. The van der Waals surface area contributed by atoms with Crippen LogP contribution in [0.3, 0.4) is 0 Å². The van der Waals surface area contributed by atoms with E-state index in [9.17, 15) is 0 Å². The second-order valence-electron chi connectivity index (χ2n) is 5.83. The van der Waals surface area contributed by atoms with E-state index in [0.717, 1.165) is 38.9 Å². The molecule has 0 aliphatic heterocycles. The Morgan fingerprint density at radius 2 is 1.54 bits per heavy atom. The van der Waals surface area contributed by atoms with Gasteiger partial charge in [0, 0.05) is 38.9 Å². The van der Waals surface area contributed by atoms with Crippen molar-refractivity contribution >= 4 is 35.1 Å². The van der Waals surface area contributed by atoms with Gasteiger partial charge in [-0.3, -0.25) is 4.99 Å². The van der Waals surface area contributed by atoms with Crippen molar-refractivity contribution in [2.75, 3.05) is 0 Å². The number of nitrogens with zero attached hydrogens (tertiary/aromatic N) is 2. The Kier molecular flexibility index (Phi) is 4.79. The van der Waals surface area contributed by atoms with Crippen molar-refractivity contribution in [1.82, 2.24) is 4.57 Å². The molecule has 2 nitrogen and oxygen atoms in total. The molecular weight excluding hydrogens is 339 g/mol. The molecule has 1 heterocycles. The van der Waals surface area contributed by atoms with Crippen LogP contribution in [-0.4, -0.2) is 10.8 Å². The first kappa shape index (κ1) is 16.8. The number of hydrogen-bond donors (Lipinski definition) is 0. The van der Waals surface area contributed by atoms with Crippen molar-refractivity contribution in [2.24, 2.45) is 4.99 Å². The summed E-state index contributed by atoms with van der Waals surface area (Å²) in [4.78, 5) is 4.62. The number of aliphatic imine (C=N–C) groups is 1. The Morgan fingerprint density at radius 1 is 0.875 bits per heavy atom. The predicted molar refractivity (Wildman–Crippen MR) is 104 cm³/mol. The van der Waals surface area contributed by atoms with Gasteiger partial charge in [-0.1, -0.05) is 29.3 Å². The molecular formula is C20H18Cl2N2. The topological polar surface area (TPSA) is 17.3 Å². The van der Waals surface area contributed by atoms with E-state index >= 15 is 0 Å². The third kappa shape index (κ3) is 3.40. The third-order valence-electron chi connectivity index (χ3n) is 4.07. The molecule has 0 aliphatic rings. The largest absolute Gasteiger partial charge is 0.318 e. The summed E-state index contributed by atoms with van der Waals surface area (Å²) < 4.78 is 2.20. The molecule has 0 bridgehead atoms. The van der Waals surface area contributed by atoms with Gasteiger partial charge in [0.05, 0.1) is 5.69 Å². The van der Waals surface area contributed by atoms with Crippen molar-refractivity contribution in [1.29, 1.82) is 0 Å². The highest BCUT2D eigenvalue weighted by Gasteiger charge is 2.09. The van der Waals surface area contributed by atoms with Gasteiger partial charge in [-0.25, -0.2) is 0 Å². The highest BCUT2D eigenvalue weighted by Crippen LogP contribution is 2.25. The van der Waals surface area contributed by atoms with Crippen molar-refractivity contribution in [3.8, 4) is 5.69 Å². The minimum absolute atomic E-state index is 0.694. The normalized spacial score (nSPS) is 11.4. The molecule has 4 heteroatoms. The van der Waals surface area contributed by atoms with E-state index in [1.807, 2.05) is 55.6 Å². The molecule has 0 saturated carbocycles. The molecule has 0 N–H and O–H groups in total. The van der Waals surface area contributed by atoms with Gasteiger partial charge in [0.2, 0.25) is 0 Å². The zero-order valence-corrected chi connectivity index (χ0v) is 15.4. The van der Waals surface area contributed by atoms with Crippen molar-refractivity contribution in [2.45, 2.75) is 20.8 Å². The van der Waals surface area contributed by atoms with Gasteiger partial charge < -0.3 is 4.57 Å². The van der Waals surface area contributed by atoms with E-state index in [2.05, 4.69) is 29.5 Å². The molecule has 0 amide bonds. The number of benzene rings is 2. The van der Waals surface area contributed by atoms with Crippen molar-refractivity contribution in [3.63, 3.8) is 0 Å². The summed E-state index contributed by atoms with van der Waals surface area (Å²) in [5, 5.41) is 1.43. The second kappa shape index (κ2) is 6.84. The van der Waals surface area contributed by atoms with Crippen LogP contribution in [0, 0.1) is 20.8 Å². The summed E-state index contributed by atoms with van der Waals surface area (Å²) in [6, 6.07) is 15.7. The Balaban J connectivity index is 1.98. The van der Waals surface area contributed by atoms with Crippen LogP contribution >= 0.6 is 23.2 Å². The van der Waals surface area contributed by atoms with Crippen LogP contribution < -0.4 is 0 Å². The minimum Gasteiger partial charge on any atom is -0.318 e. The lowest BCUT2D eigenvalue weighted by Gasteiger charge is -2.09. The molecule has 0 unspecified atom stereocenters. The molecule has 24 heavy (non-hydrogen) atoms. The number of rotatable bonds is 3. The van der Waals surface area contributed by atoms with E-state index in [1.165, 1.54) is 0 Å². The van der Waals surface area contributed by atoms with Crippen molar-refractivity contribution < 1.29 is 0 Å². The van der Waals surface area contributed by atoms with Crippen LogP contribution in [0.4, 0.5) is 5.69 Å². The minimum atomic E-state index is 0.694. The fourth-order valence-electron chi connectivity index (χ4n) is 2.77. The molecule has 0 fully saturated rings. The smallest absolute Gasteiger partial charge is 0.0673 e. The third-order valence-corrected chi connectivity index (χ3v) is 4.56. The molecule has 122 valence electrons. The predicted octanol–water partition coefficient (Wildman–Crippen LogP) is 6.46. The summed E-state index contributed by atoms with van der Waals surface area (Å²) in [6.07, 6.45) is 1.90. The monoisotopic (exact) mass is 356 g/mol. The standard InChI is InChI=1S/C20H18Cl2N2/c1-13-4-5-18(22)11-20(13)23-12-16-10-14(2)24(15(16)3)19-8-6-17(21)7-9-19/h4-12H,1-3H3. The molecule has 3 aromatic rings. The highest BCUT2D eigenvalue weighted by atomic mass is 35.5. The van der Waals surface area contributed by atoms with Crippen LogP contribution in [0.1, 0.15) is 22.5 Å². The van der Waals surface area contributed by atoms with E-state index in [1.54, 1.807) is 0 Å². The average molecular weight is 357 g/mol. The SMILES string of the molecule is Cc1ccc(Cl)cc1N=Cc1cc(C)n(-c2ccc(Cl)cc2)c1C. The fraction of sp³-hybridized carbons (Fsp3) is 0.150. The van der Waals surface area contributed by atoms with Crippen molar-refractivity contribution in [3.05, 3.63) is 81.1 Å². The summed E-state index contributed by atoms with van der Waals surface area (Å²) >= 11 is 12.1. The molecule has 3 rings (SSSR count). The number of aryl methyl sites for hydroxylation is 2. The summed E-state index contributed by atoms with van der Waals surface area (Å²) in [6.45, 7) is 6.21. The van der Waals surface area contributed by atoms with Crippen LogP contribution in [0.2, 0.25) is 10.0 Å². The van der Waals surface area contributed by atoms with E-state index in [-0.39, 0.29) is 0 Å². The summed E-state index contributed by atoms with van der Waals surface area (Å²) in [5.74, 6) is 0. The van der Waals surface area contributed by atoms with Gasteiger partial charge in [-0.05, 0) is 68.8 Å². The first-order valence-corrected chi connectivity index (χ1v) is 8.46. The molecule has 0 saturated heterocycles. The molecule has 2 aromatic carbocycles. The lowest BCUT2D eigenvalue weighted by Crippen LogP contribution is -1.99. The molecule has 0 aliphatic carbocycles. The van der Waals surface area contributed by atoms with Gasteiger partial charge in [0.25, 0.3) is 0 Å². The van der Waals surface area contributed by atoms with E-state index in [4.69, 9.17) is 23.2 Å². The van der Waals surface area contributed by atoms with Gasteiger partial charge in [-0.2, -0.15) is 0 Å². The highest BCUT2D eigenvalue weighted by molar-refractivity contribution is 6.31. The first-order chi connectivity index (χ1) is 11.5. The molecule has 0 spiro atoms. The van der Waals surface area contributed by atoms with Crippen LogP contribution in [0.25, 0.3) is 5.69 Å². The van der Waals surface area contributed by atoms with E-state index < -0.39 is 0 Å². The summed E-state index contributed by atoms with van der Waals surface area (Å²) in [5.41, 5.74) is 6.45. The molecule has 0 atom stereocenters. The Morgan fingerprint density at radius 3 is 2.25 bits per heavy atom. The Hall–Kier alpha value is -2.03. The maximum atomic E-state index is 6.06. The summed E-state index contributed by atoms with van der Waals surface area (Å²) in [7, 11) is 0. The average Bonchev–Trinajstić information content (AvgIpc) is 2.83. The fourth-order valence-corrected chi connectivity index (χ4v) is 3.06. The molecule has 0 radical (unpaired) electrons. The van der Waals surface area contributed by atoms with Gasteiger partial charge in [0.1, 0.15) is 0 Å². The Labute approximate surface area is 152 Å².